The summed E-state index contributed by atoms with van der Waals surface area (Å²) >= 11 is 0. The topological polar surface area (TPSA) is 64.4 Å². The molecule has 24 heavy (non-hydrogen) atoms. The first kappa shape index (κ1) is 15.8. The van der Waals surface area contributed by atoms with Crippen LogP contribution in [0, 0.1) is 6.92 Å². The Balaban J connectivity index is 1.59. The number of ether oxygens (including phenoxy) is 1. The maximum atomic E-state index is 12.9. The Hall–Kier alpha value is -1.70. The molecule has 2 aliphatic heterocycles. The first-order chi connectivity index (χ1) is 11.6. The van der Waals surface area contributed by atoms with E-state index in [1.54, 1.807) is 12.1 Å². The number of hydrogen-bond donors (Lipinski definition) is 0. The Morgan fingerprint density at radius 2 is 2.00 bits per heavy atom. The van der Waals surface area contributed by atoms with Crippen LogP contribution in [0.5, 0.6) is 0 Å². The molecule has 1 aromatic heterocycles. The lowest BCUT2D eigenvalue weighted by atomic mass is 10.1. The number of aromatic nitrogens is 2. The van der Waals surface area contributed by atoms with Crippen molar-refractivity contribution >= 4 is 10.0 Å². The van der Waals surface area contributed by atoms with Crippen molar-refractivity contribution in [3.63, 3.8) is 0 Å². The molecule has 128 valence electrons. The third kappa shape index (κ3) is 2.66. The lowest BCUT2D eigenvalue weighted by Gasteiger charge is -2.32. The van der Waals surface area contributed by atoms with E-state index in [1.807, 2.05) is 29.9 Å². The highest BCUT2D eigenvalue weighted by Crippen LogP contribution is 2.30. The van der Waals surface area contributed by atoms with Crippen molar-refractivity contribution < 1.29 is 13.2 Å². The first-order valence-electron chi connectivity index (χ1n) is 8.29. The number of fused-ring (bicyclic) bond motifs is 1. The summed E-state index contributed by atoms with van der Waals surface area (Å²) in [6, 6.07) is 7.00. The SMILES string of the molecule is Cc1ccc(S(=O)(=O)N2CCOC(c3cnn4c3CCC4)C2)cc1. The van der Waals surface area contributed by atoms with Crippen LogP contribution in [-0.4, -0.2) is 42.2 Å². The molecule has 2 aromatic rings. The van der Waals surface area contributed by atoms with Gasteiger partial charge >= 0.3 is 0 Å². The fraction of sp³-hybridized carbons (Fsp3) is 0.471. The molecule has 1 aromatic carbocycles. The van der Waals surface area contributed by atoms with Crippen molar-refractivity contribution in [1.29, 1.82) is 0 Å². The molecule has 0 amide bonds. The standard InChI is InChI=1S/C17H21N3O3S/c1-13-4-6-14(7-5-13)24(21,22)19-9-10-23-17(12-19)15-11-18-20-8-2-3-16(15)20/h4-7,11,17H,2-3,8-10,12H2,1H3. The lowest BCUT2D eigenvalue weighted by molar-refractivity contribution is -0.00299. The van der Waals surface area contributed by atoms with Gasteiger partial charge in [-0.2, -0.15) is 9.40 Å². The van der Waals surface area contributed by atoms with E-state index >= 15 is 0 Å². The summed E-state index contributed by atoms with van der Waals surface area (Å²) in [5.74, 6) is 0. The highest BCUT2D eigenvalue weighted by atomic mass is 32.2. The molecule has 0 saturated carbocycles. The summed E-state index contributed by atoms with van der Waals surface area (Å²) in [6.45, 7) is 4.01. The molecule has 0 N–H and O–H groups in total. The van der Waals surface area contributed by atoms with Gasteiger partial charge in [0.05, 0.1) is 23.8 Å². The average molecular weight is 347 g/mol. The first-order valence-corrected chi connectivity index (χ1v) is 9.73. The van der Waals surface area contributed by atoms with E-state index in [4.69, 9.17) is 4.74 Å². The molecule has 0 bridgehead atoms. The van der Waals surface area contributed by atoms with Gasteiger partial charge in [0, 0.05) is 30.9 Å². The number of morpholine rings is 1. The highest BCUT2D eigenvalue weighted by Gasteiger charge is 2.33. The predicted molar refractivity (Wildman–Crippen MR) is 89.2 cm³/mol. The molecule has 3 heterocycles. The maximum absolute atomic E-state index is 12.9. The molecule has 1 fully saturated rings. The minimum atomic E-state index is -3.49. The number of aryl methyl sites for hydroxylation is 2. The van der Waals surface area contributed by atoms with Crippen LogP contribution in [0.1, 0.15) is 29.3 Å². The van der Waals surface area contributed by atoms with Gasteiger partial charge in [0.25, 0.3) is 0 Å². The van der Waals surface area contributed by atoms with E-state index in [9.17, 15) is 8.42 Å². The van der Waals surface area contributed by atoms with E-state index < -0.39 is 10.0 Å². The summed E-state index contributed by atoms with van der Waals surface area (Å²) in [5.41, 5.74) is 3.27. The second-order valence-corrected chi connectivity index (χ2v) is 8.35. The molecular weight excluding hydrogens is 326 g/mol. The Kier molecular flexibility index (Phi) is 3.94. The molecule has 2 aliphatic rings. The van der Waals surface area contributed by atoms with Crippen molar-refractivity contribution in [3.8, 4) is 0 Å². The maximum Gasteiger partial charge on any atom is 0.243 e. The quantitative estimate of drug-likeness (QED) is 0.851. The molecule has 7 heteroatoms. The third-order valence-corrected chi connectivity index (χ3v) is 6.68. The Morgan fingerprint density at radius 3 is 2.79 bits per heavy atom. The normalized spacial score (nSPS) is 21.8. The van der Waals surface area contributed by atoms with Gasteiger partial charge in [0.2, 0.25) is 10.0 Å². The second-order valence-electron chi connectivity index (χ2n) is 6.41. The van der Waals surface area contributed by atoms with E-state index in [1.165, 1.54) is 10.00 Å². The molecule has 0 radical (unpaired) electrons. The van der Waals surface area contributed by atoms with Crippen LogP contribution in [-0.2, 0) is 27.7 Å². The zero-order chi connectivity index (χ0) is 16.7. The Bertz CT molecular complexity index is 842. The van der Waals surface area contributed by atoms with Gasteiger partial charge in [-0.1, -0.05) is 17.7 Å². The lowest BCUT2D eigenvalue weighted by Crippen LogP contribution is -2.42. The summed E-state index contributed by atoms with van der Waals surface area (Å²) in [7, 11) is -3.49. The minimum absolute atomic E-state index is 0.235. The summed E-state index contributed by atoms with van der Waals surface area (Å²) in [4.78, 5) is 0.342. The van der Waals surface area contributed by atoms with Gasteiger partial charge in [-0.3, -0.25) is 4.68 Å². The number of nitrogens with zero attached hydrogens (tertiary/aromatic N) is 3. The minimum Gasteiger partial charge on any atom is -0.371 e. The monoisotopic (exact) mass is 347 g/mol. The third-order valence-electron chi connectivity index (χ3n) is 4.80. The molecule has 1 atom stereocenters. The van der Waals surface area contributed by atoms with Crippen LogP contribution in [0.2, 0.25) is 0 Å². The molecule has 0 aliphatic carbocycles. The largest absolute Gasteiger partial charge is 0.371 e. The van der Waals surface area contributed by atoms with Crippen LogP contribution < -0.4 is 0 Å². The molecule has 0 spiro atoms. The fourth-order valence-electron chi connectivity index (χ4n) is 3.45. The van der Waals surface area contributed by atoms with Gasteiger partial charge in [-0.25, -0.2) is 8.42 Å². The Morgan fingerprint density at radius 1 is 1.21 bits per heavy atom. The molecule has 1 saturated heterocycles. The van der Waals surface area contributed by atoms with E-state index in [0.29, 0.717) is 24.6 Å². The number of rotatable bonds is 3. The van der Waals surface area contributed by atoms with E-state index in [-0.39, 0.29) is 6.10 Å². The molecular formula is C17H21N3O3S. The molecule has 1 unspecified atom stereocenters. The van der Waals surface area contributed by atoms with Gasteiger partial charge in [-0.05, 0) is 31.9 Å². The van der Waals surface area contributed by atoms with Gasteiger partial charge in [-0.15, -0.1) is 0 Å². The van der Waals surface area contributed by atoms with Crippen molar-refractivity contribution in [2.45, 2.75) is 37.3 Å². The van der Waals surface area contributed by atoms with Gasteiger partial charge < -0.3 is 4.74 Å². The van der Waals surface area contributed by atoms with Crippen LogP contribution in [0.25, 0.3) is 0 Å². The average Bonchev–Trinajstić information content (AvgIpc) is 3.18. The van der Waals surface area contributed by atoms with Crippen LogP contribution in [0.4, 0.5) is 0 Å². The Labute approximate surface area is 142 Å². The number of hydrogen-bond acceptors (Lipinski definition) is 4. The second kappa shape index (κ2) is 5.98. The van der Waals surface area contributed by atoms with Gasteiger partial charge in [0.1, 0.15) is 0 Å². The zero-order valence-electron chi connectivity index (χ0n) is 13.7. The predicted octanol–water partition coefficient (Wildman–Crippen LogP) is 1.90. The van der Waals surface area contributed by atoms with Crippen molar-refractivity contribution in [3.05, 3.63) is 47.3 Å². The smallest absolute Gasteiger partial charge is 0.243 e. The fourth-order valence-corrected chi connectivity index (χ4v) is 4.87. The summed E-state index contributed by atoms with van der Waals surface area (Å²) in [6.07, 6.45) is 3.68. The van der Waals surface area contributed by atoms with Crippen molar-refractivity contribution in [2.24, 2.45) is 0 Å². The summed E-state index contributed by atoms with van der Waals surface area (Å²) < 4.78 is 35.2. The van der Waals surface area contributed by atoms with E-state index in [0.717, 1.165) is 30.5 Å². The number of sulfonamides is 1. The van der Waals surface area contributed by atoms with Crippen LogP contribution in [0.3, 0.4) is 0 Å². The van der Waals surface area contributed by atoms with Crippen molar-refractivity contribution in [2.75, 3.05) is 19.7 Å². The van der Waals surface area contributed by atoms with Crippen LogP contribution in [0.15, 0.2) is 35.4 Å². The van der Waals surface area contributed by atoms with Gasteiger partial charge in [0.15, 0.2) is 0 Å². The van der Waals surface area contributed by atoms with E-state index in [2.05, 4.69) is 5.10 Å². The highest BCUT2D eigenvalue weighted by molar-refractivity contribution is 7.89. The summed E-state index contributed by atoms with van der Waals surface area (Å²) in [5, 5.41) is 4.40. The van der Waals surface area contributed by atoms with Crippen molar-refractivity contribution in [1.82, 2.24) is 14.1 Å². The van der Waals surface area contributed by atoms with Crippen LogP contribution >= 0.6 is 0 Å². The number of benzene rings is 1. The molecule has 6 nitrogen and oxygen atoms in total. The molecule has 4 rings (SSSR count). The zero-order valence-corrected chi connectivity index (χ0v) is 14.5.